The molecule has 3 aliphatic heterocycles. The number of carbonyl (C=O) groups is 3. The molecule has 2 fully saturated rings. The molecule has 2 aromatic heterocycles. The van der Waals surface area contributed by atoms with E-state index in [0.717, 1.165) is 65.2 Å². The minimum atomic E-state index is -1.09. The van der Waals surface area contributed by atoms with Gasteiger partial charge in [0.25, 0.3) is 0 Å². The van der Waals surface area contributed by atoms with Gasteiger partial charge in [-0.25, -0.2) is 0 Å². The number of fused-ring (bicyclic) bond motifs is 8. The first-order valence-electron chi connectivity index (χ1n) is 25.0. The number of aromatic nitrogens is 2. The second-order valence-electron chi connectivity index (χ2n) is 20.8. The molecule has 5 heterocycles. The van der Waals surface area contributed by atoms with Crippen LogP contribution in [0.2, 0.25) is 0 Å². The van der Waals surface area contributed by atoms with Crippen LogP contribution in [0.15, 0.2) is 17.1 Å². The van der Waals surface area contributed by atoms with Gasteiger partial charge in [0.2, 0.25) is 0 Å². The minimum absolute atomic E-state index is 0. The molecule has 1 N–H and O–H groups in total. The second kappa shape index (κ2) is 23.5. The maximum absolute atomic E-state index is 13.7. The van der Waals surface area contributed by atoms with Crippen LogP contribution in [0.1, 0.15) is 184 Å². The van der Waals surface area contributed by atoms with Crippen LogP contribution in [0.4, 0.5) is 0 Å². The topological polar surface area (TPSA) is 146 Å². The zero-order valence-corrected chi connectivity index (χ0v) is 43.8. The van der Waals surface area contributed by atoms with Gasteiger partial charge in [0.15, 0.2) is 5.78 Å². The van der Waals surface area contributed by atoms with E-state index < -0.39 is 17.9 Å². The number of Topliss-reactive ketones (excluding diaryl/α,β-unsaturated/α-hetero) is 1. The Morgan fingerprint density at radius 3 is 1.92 bits per heavy atom. The van der Waals surface area contributed by atoms with Crippen LogP contribution in [0.25, 0.3) is 40.2 Å². The first-order chi connectivity index (χ1) is 30.9. The summed E-state index contributed by atoms with van der Waals surface area (Å²) in [4.78, 5) is 50.5. The number of allylic oxidation sites excluding steroid dienone is 3. The van der Waals surface area contributed by atoms with Gasteiger partial charge in [-0.3, -0.25) is 14.4 Å². The van der Waals surface area contributed by atoms with Crippen molar-refractivity contribution in [3.63, 3.8) is 0 Å². The van der Waals surface area contributed by atoms with Crippen molar-refractivity contribution in [1.82, 2.24) is 9.97 Å². The van der Waals surface area contributed by atoms with Crippen molar-refractivity contribution in [2.24, 2.45) is 53.3 Å². The SMILES string of the molecule is CC[C@H]1/C2=C/c3[n-]c4c(c3C)=C(O)[C@H](C(=O)OC)C=4[C@H]3[N-]/C(=C\c4[n-]c(c(C(C)=O)c4C)/C=C(\[N-]2)[C@@H]1C)[C@@H](C)[C@@H]3CCC(=O)OCCC(C)CCC[C@@H](C)CCC[C@@H](C)CCCC(C)C.[Mg+2]. The molecule has 66 heavy (non-hydrogen) atoms. The van der Waals surface area contributed by atoms with Gasteiger partial charge in [0.05, 0.1) is 13.7 Å². The summed E-state index contributed by atoms with van der Waals surface area (Å²) in [6.07, 6.45) is 19.8. The van der Waals surface area contributed by atoms with Gasteiger partial charge >= 0.3 is 35.0 Å². The molecule has 1 aliphatic carbocycles. The zero-order chi connectivity index (χ0) is 47.3. The maximum atomic E-state index is 13.7. The van der Waals surface area contributed by atoms with Crippen LogP contribution < -0.4 is 20.5 Å². The maximum Gasteiger partial charge on any atom is 2.00 e. The van der Waals surface area contributed by atoms with E-state index in [-0.39, 0.29) is 70.7 Å². The van der Waals surface area contributed by atoms with Crippen molar-refractivity contribution < 1.29 is 29.0 Å². The quantitative estimate of drug-likeness (QED) is 0.0740. The molecule has 2 aromatic rings. The Bertz CT molecular complexity index is 2280. The van der Waals surface area contributed by atoms with Crippen molar-refractivity contribution in [3.05, 3.63) is 72.1 Å². The Hall–Kier alpha value is -3.70. The number of hydrogen-bond donors (Lipinski definition) is 1. The van der Waals surface area contributed by atoms with Gasteiger partial charge in [-0.05, 0) is 81.0 Å². The zero-order valence-electron chi connectivity index (χ0n) is 42.4. The van der Waals surface area contributed by atoms with Crippen molar-refractivity contribution in [2.45, 2.75) is 166 Å². The van der Waals surface area contributed by atoms with E-state index in [2.05, 4.69) is 55.4 Å². The first kappa shape index (κ1) is 53.3. The van der Waals surface area contributed by atoms with E-state index in [4.69, 9.17) is 30.1 Å². The number of methoxy groups -OCH3 is 1. The standard InChI is InChI=1S/C55H79N4O6.Mg/c1-13-39-34(7)41-29-46-48(38(11)60)36(9)43(57-46)27-42-35(8)40(52(58-42)50-51(55(63)64-12)54(62)49-37(10)44(59-53(49)50)28-45(39)56-41)23-24-47(61)65-26-25-33(6)22-16-21-32(5)20-15-19-31(4)18-14-17-30(2)3;/h27-35,39-40,51-52H,13-26H2,1-12H3,(H2-,56,57,60,62);/q-3;+2/p-1/b42-27-,45-28-;/t31-,32-,33?,34+,35-,39+,40-,51+,52-;/m0./s1. The molecule has 0 amide bonds. The van der Waals surface area contributed by atoms with E-state index in [9.17, 15) is 19.5 Å². The fourth-order valence-corrected chi connectivity index (χ4v) is 11.1. The molecule has 0 spiro atoms. The number of hydrogen-bond acceptors (Lipinski definition) is 6. The summed E-state index contributed by atoms with van der Waals surface area (Å²) < 4.78 is 11.2. The summed E-state index contributed by atoms with van der Waals surface area (Å²) in [7, 11) is 1.32. The summed E-state index contributed by atoms with van der Waals surface area (Å²) in [5.74, 6) is 0.498. The van der Waals surface area contributed by atoms with Crippen molar-refractivity contribution >= 4 is 70.3 Å². The molecule has 0 saturated carbocycles. The number of ketones is 1. The molecular formula is C55H78MgN4O6-2. The molecule has 9 atom stereocenters. The van der Waals surface area contributed by atoms with Crippen LogP contribution in [0.3, 0.4) is 0 Å². The molecule has 1 unspecified atom stereocenters. The Morgan fingerprint density at radius 1 is 0.758 bits per heavy atom. The van der Waals surface area contributed by atoms with Gasteiger partial charge in [-0.2, -0.15) is 17.1 Å². The number of ether oxygens (including phenoxy) is 2. The molecule has 4 aliphatic rings. The fourth-order valence-electron chi connectivity index (χ4n) is 11.1. The minimum Gasteiger partial charge on any atom is -0.681 e. The van der Waals surface area contributed by atoms with Gasteiger partial charge in [-0.1, -0.05) is 161 Å². The van der Waals surface area contributed by atoms with Crippen LogP contribution in [-0.4, -0.2) is 65.6 Å². The van der Waals surface area contributed by atoms with Crippen molar-refractivity contribution in [1.29, 1.82) is 0 Å². The largest absolute Gasteiger partial charge is 2.00 e. The summed E-state index contributed by atoms with van der Waals surface area (Å²) in [5.41, 5.74) is 7.04. The van der Waals surface area contributed by atoms with Gasteiger partial charge in [0, 0.05) is 17.2 Å². The molecule has 11 heteroatoms. The molecule has 8 bridgehead atoms. The predicted octanol–water partition coefficient (Wildman–Crippen LogP) is 11.2. The normalized spacial score (nSPS) is 25.7. The molecule has 0 radical (unpaired) electrons. The summed E-state index contributed by atoms with van der Waals surface area (Å²) in [5, 5.41) is 23.4. The number of esters is 2. The third kappa shape index (κ3) is 11.9. The van der Waals surface area contributed by atoms with Crippen LogP contribution in [0.5, 0.6) is 0 Å². The summed E-state index contributed by atoms with van der Waals surface area (Å²) in [6, 6.07) is -0.604. The summed E-state index contributed by atoms with van der Waals surface area (Å²) in [6.45, 7) is 23.9. The van der Waals surface area contributed by atoms with Gasteiger partial charge in [-0.15, -0.1) is 22.4 Å². The molecule has 2 saturated heterocycles. The number of nitrogens with zero attached hydrogens (tertiary/aromatic N) is 4. The van der Waals surface area contributed by atoms with E-state index in [1.807, 2.05) is 32.1 Å². The van der Waals surface area contributed by atoms with E-state index >= 15 is 0 Å². The van der Waals surface area contributed by atoms with Crippen LogP contribution in [-0.2, 0) is 19.1 Å². The average molecular weight is 916 g/mol. The molecule has 0 aromatic carbocycles. The smallest absolute Gasteiger partial charge is 0.681 e. The summed E-state index contributed by atoms with van der Waals surface area (Å²) >= 11 is 0. The van der Waals surface area contributed by atoms with E-state index in [0.29, 0.717) is 57.7 Å². The second-order valence-corrected chi connectivity index (χ2v) is 20.8. The third-order valence-corrected chi connectivity index (χ3v) is 15.3. The Kier molecular flexibility index (Phi) is 19.0. The Morgan fingerprint density at radius 2 is 1.33 bits per heavy atom. The molecule has 10 nitrogen and oxygen atoms in total. The predicted molar refractivity (Wildman–Crippen MR) is 268 cm³/mol. The Balaban J connectivity index is 0.00000817. The van der Waals surface area contributed by atoms with Gasteiger partial charge in [0.1, 0.15) is 11.7 Å². The first-order valence-corrected chi connectivity index (χ1v) is 25.0. The van der Waals surface area contributed by atoms with Crippen molar-refractivity contribution in [2.75, 3.05) is 13.7 Å². The van der Waals surface area contributed by atoms with Crippen molar-refractivity contribution in [3.8, 4) is 0 Å². The van der Waals surface area contributed by atoms with E-state index in [1.165, 1.54) is 58.5 Å². The third-order valence-electron chi connectivity index (χ3n) is 15.3. The van der Waals surface area contributed by atoms with Crippen LogP contribution >= 0.6 is 0 Å². The Labute approximate surface area is 411 Å². The van der Waals surface area contributed by atoms with Gasteiger partial charge < -0.3 is 35.2 Å². The van der Waals surface area contributed by atoms with E-state index in [1.54, 1.807) is 6.92 Å². The average Bonchev–Trinajstić information content (AvgIpc) is 4.00. The fraction of sp³-hybridized carbons (Fsp3) is 0.655. The number of aliphatic hydroxyl groups is 1. The van der Waals surface area contributed by atoms with Crippen LogP contribution in [0, 0.1) is 67.1 Å². The molecule has 6 rings (SSSR count). The number of rotatable bonds is 21. The number of aliphatic hydroxyl groups excluding tert-OH is 1. The molecular weight excluding hydrogens is 837 g/mol. The monoisotopic (exact) mass is 915 g/mol. The molecule has 358 valence electrons. The number of carbonyl (C=O) groups excluding carboxylic acids is 3.